The van der Waals surface area contributed by atoms with Crippen molar-refractivity contribution in [1.29, 1.82) is 5.26 Å². The minimum atomic E-state index is 0.562. The van der Waals surface area contributed by atoms with Crippen molar-refractivity contribution in [3.63, 3.8) is 0 Å². The van der Waals surface area contributed by atoms with Gasteiger partial charge in [0, 0.05) is 25.1 Å². The molecule has 3 aromatic rings. The molecule has 0 amide bonds. The summed E-state index contributed by atoms with van der Waals surface area (Å²) in [4.78, 5) is 4.20. The summed E-state index contributed by atoms with van der Waals surface area (Å²) >= 11 is 0. The summed E-state index contributed by atoms with van der Waals surface area (Å²) in [7, 11) is 0. The Hall–Kier alpha value is -3.13. The molecular weight excluding hydrogens is 274 g/mol. The first-order valence-electron chi connectivity index (χ1n) is 6.99. The zero-order chi connectivity index (χ0) is 15.2. The van der Waals surface area contributed by atoms with E-state index in [-0.39, 0.29) is 0 Å². The number of rotatable bonds is 5. The van der Waals surface area contributed by atoms with E-state index in [0.717, 1.165) is 12.4 Å². The minimum absolute atomic E-state index is 0.562. The average molecular weight is 289 g/mol. The van der Waals surface area contributed by atoms with Crippen LogP contribution in [0.15, 0.2) is 61.1 Å². The molecule has 22 heavy (non-hydrogen) atoms. The van der Waals surface area contributed by atoms with E-state index < -0.39 is 0 Å². The number of nitrogens with zero attached hydrogens (tertiary/aromatic N) is 4. The SMILES string of the molecule is N#Cc1ccc(NCc2cccc(Cn3cccn3)c2)nc1. The van der Waals surface area contributed by atoms with Crippen LogP contribution in [0.1, 0.15) is 16.7 Å². The highest BCUT2D eigenvalue weighted by Gasteiger charge is 1.99. The molecule has 0 saturated carbocycles. The predicted octanol–water partition coefficient (Wildman–Crippen LogP) is 2.81. The van der Waals surface area contributed by atoms with Crippen molar-refractivity contribution in [2.45, 2.75) is 13.1 Å². The zero-order valence-electron chi connectivity index (χ0n) is 12.0. The Balaban J connectivity index is 1.63. The number of aromatic nitrogens is 3. The summed E-state index contributed by atoms with van der Waals surface area (Å²) in [6.45, 7) is 1.45. The Morgan fingerprint density at radius 3 is 2.77 bits per heavy atom. The fraction of sp³-hybridized carbons (Fsp3) is 0.118. The molecule has 0 saturated heterocycles. The van der Waals surface area contributed by atoms with E-state index in [9.17, 15) is 0 Å². The van der Waals surface area contributed by atoms with Gasteiger partial charge in [0.15, 0.2) is 0 Å². The summed E-state index contributed by atoms with van der Waals surface area (Å²) in [5, 5.41) is 16.2. The van der Waals surface area contributed by atoms with Crippen LogP contribution in [0.25, 0.3) is 0 Å². The van der Waals surface area contributed by atoms with Crippen molar-refractivity contribution < 1.29 is 0 Å². The van der Waals surface area contributed by atoms with Crippen LogP contribution in [0, 0.1) is 11.3 Å². The molecule has 0 bridgehead atoms. The number of anilines is 1. The first-order chi connectivity index (χ1) is 10.8. The fourth-order valence-corrected chi connectivity index (χ4v) is 2.18. The topological polar surface area (TPSA) is 66.5 Å². The summed E-state index contributed by atoms with van der Waals surface area (Å²) in [6, 6.07) is 15.9. The molecule has 5 heteroatoms. The average Bonchev–Trinajstić information content (AvgIpc) is 3.07. The molecule has 0 atom stereocenters. The zero-order valence-corrected chi connectivity index (χ0v) is 12.0. The molecular formula is C17H15N5. The van der Waals surface area contributed by atoms with Crippen LogP contribution >= 0.6 is 0 Å². The summed E-state index contributed by atoms with van der Waals surface area (Å²) < 4.78 is 1.90. The molecule has 0 aliphatic heterocycles. The lowest BCUT2D eigenvalue weighted by atomic mass is 10.1. The number of hydrogen-bond donors (Lipinski definition) is 1. The van der Waals surface area contributed by atoms with Crippen molar-refractivity contribution in [1.82, 2.24) is 14.8 Å². The highest BCUT2D eigenvalue weighted by atomic mass is 15.3. The van der Waals surface area contributed by atoms with Crippen molar-refractivity contribution in [2.75, 3.05) is 5.32 Å². The van der Waals surface area contributed by atoms with Crippen molar-refractivity contribution >= 4 is 5.82 Å². The summed E-state index contributed by atoms with van der Waals surface area (Å²) in [5.74, 6) is 0.761. The quantitative estimate of drug-likeness (QED) is 0.784. The van der Waals surface area contributed by atoms with Gasteiger partial charge in [-0.3, -0.25) is 4.68 Å². The highest BCUT2D eigenvalue weighted by molar-refractivity contribution is 5.40. The third kappa shape index (κ3) is 3.49. The van der Waals surface area contributed by atoms with Gasteiger partial charge >= 0.3 is 0 Å². The van der Waals surface area contributed by atoms with Crippen LogP contribution in [0.4, 0.5) is 5.82 Å². The van der Waals surface area contributed by atoms with E-state index in [4.69, 9.17) is 5.26 Å². The maximum atomic E-state index is 8.75. The molecule has 0 fully saturated rings. The van der Waals surface area contributed by atoms with Crippen LogP contribution in [-0.4, -0.2) is 14.8 Å². The second kappa shape index (κ2) is 6.55. The maximum absolute atomic E-state index is 8.75. The van der Waals surface area contributed by atoms with Gasteiger partial charge in [0.05, 0.1) is 12.1 Å². The molecule has 5 nitrogen and oxygen atoms in total. The van der Waals surface area contributed by atoms with Crippen molar-refractivity contribution in [2.24, 2.45) is 0 Å². The number of nitrogens with one attached hydrogen (secondary N) is 1. The minimum Gasteiger partial charge on any atom is -0.366 e. The van der Waals surface area contributed by atoms with Gasteiger partial charge in [-0.25, -0.2) is 4.98 Å². The molecule has 2 heterocycles. The number of benzene rings is 1. The van der Waals surface area contributed by atoms with Gasteiger partial charge in [-0.15, -0.1) is 0 Å². The Bertz CT molecular complexity index is 770. The van der Waals surface area contributed by atoms with E-state index in [1.54, 1.807) is 18.5 Å². The van der Waals surface area contributed by atoms with Gasteiger partial charge in [0.1, 0.15) is 11.9 Å². The van der Waals surface area contributed by atoms with E-state index in [0.29, 0.717) is 12.1 Å². The van der Waals surface area contributed by atoms with Crippen LogP contribution < -0.4 is 5.32 Å². The van der Waals surface area contributed by atoms with Gasteiger partial charge in [-0.1, -0.05) is 24.3 Å². The smallest absolute Gasteiger partial charge is 0.126 e. The normalized spacial score (nSPS) is 10.1. The lowest BCUT2D eigenvalue weighted by Gasteiger charge is -2.08. The molecule has 108 valence electrons. The van der Waals surface area contributed by atoms with Gasteiger partial charge in [0.25, 0.3) is 0 Å². The highest BCUT2D eigenvalue weighted by Crippen LogP contribution is 2.10. The molecule has 2 aromatic heterocycles. The standard InChI is InChI=1S/C17H15N5/c18-10-16-5-6-17(20-12-16)19-11-14-3-1-4-15(9-14)13-22-8-2-7-21-22/h1-9,12H,11,13H2,(H,19,20). The van der Waals surface area contributed by atoms with Crippen molar-refractivity contribution in [3.05, 3.63) is 77.7 Å². The van der Waals surface area contributed by atoms with E-state index in [1.807, 2.05) is 29.1 Å². The van der Waals surface area contributed by atoms with Gasteiger partial charge < -0.3 is 5.32 Å². The van der Waals surface area contributed by atoms with Crippen LogP contribution in [0.5, 0.6) is 0 Å². The lowest BCUT2D eigenvalue weighted by Crippen LogP contribution is -2.04. The molecule has 0 aliphatic rings. The van der Waals surface area contributed by atoms with Crippen molar-refractivity contribution in [3.8, 4) is 6.07 Å². The molecule has 0 radical (unpaired) electrons. The Labute approximate surface area is 128 Å². The molecule has 0 spiro atoms. The van der Waals surface area contributed by atoms with E-state index >= 15 is 0 Å². The van der Waals surface area contributed by atoms with E-state index in [2.05, 4.69) is 39.7 Å². The molecule has 0 unspecified atom stereocenters. The monoisotopic (exact) mass is 289 g/mol. The Kier molecular flexibility index (Phi) is 4.12. The molecule has 0 aliphatic carbocycles. The second-order valence-electron chi connectivity index (χ2n) is 4.92. The lowest BCUT2D eigenvalue weighted by molar-refractivity contribution is 0.686. The van der Waals surface area contributed by atoms with Gasteiger partial charge in [0.2, 0.25) is 0 Å². The fourth-order valence-electron chi connectivity index (χ4n) is 2.18. The third-order valence-corrected chi connectivity index (χ3v) is 3.26. The van der Waals surface area contributed by atoms with E-state index in [1.165, 1.54) is 11.1 Å². The molecule has 1 aromatic carbocycles. The molecule has 3 rings (SSSR count). The third-order valence-electron chi connectivity index (χ3n) is 3.26. The summed E-state index contributed by atoms with van der Waals surface area (Å²) in [6.07, 6.45) is 5.30. The van der Waals surface area contributed by atoms with Crippen LogP contribution in [0.2, 0.25) is 0 Å². The first-order valence-corrected chi connectivity index (χ1v) is 6.99. The number of pyridine rings is 1. The second-order valence-corrected chi connectivity index (χ2v) is 4.92. The van der Waals surface area contributed by atoms with Gasteiger partial charge in [-0.05, 0) is 29.3 Å². The molecule has 1 N–H and O–H groups in total. The largest absolute Gasteiger partial charge is 0.366 e. The number of hydrogen-bond acceptors (Lipinski definition) is 4. The Morgan fingerprint density at radius 2 is 2.05 bits per heavy atom. The van der Waals surface area contributed by atoms with Crippen LogP contribution in [0.3, 0.4) is 0 Å². The van der Waals surface area contributed by atoms with Crippen LogP contribution in [-0.2, 0) is 13.1 Å². The maximum Gasteiger partial charge on any atom is 0.126 e. The summed E-state index contributed by atoms with van der Waals surface area (Å²) in [5.41, 5.74) is 2.94. The number of nitriles is 1. The first kappa shape index (κ1) is 13.8. The van der Waals surface area contributed by atoms with Gasteiger partial charge in [-0.2, -0.15) is 10.4 Å². The predicted molar refractivity (Wildman–Crippen MR) is 84.0 cm³/mol. The Morgan fingerprint density at radius 1 is 1.14 bits per heavy atom.